The van der Waals surface area contributed by atoms with E-state index in [4.69, 9.17) is 10.00 Å². The Kier molecular flexibility index (Phi) is 5.98. The van der Waals surface area contributed by atoms with Gasteiger partial charge in [-0.2, -0.15) is 5.26 Å². The van der Waals surface area contributed by atoms with Crippen LogP contribution in [-0.2, 0) is 16.0 Å². The third-order valence-electron chi connectivity index (χ3n) is 3.79. The van der Waals surface area contributed by atoms with Crippen LogP contribution in [0, 0.1) is 11.3 Å². The van der Waals surface area contributed by atoms with Gasteiger partial charge in [-0.15, -0.1) is 11.3 Å². The molecule has 0 aliphatic heterocycles. The molecular weight excluding hydrogens is 360 g/mol. The first-order valence-corrected chi connectivity index (χ1v) is 9.11. The molecule has 1 N–H and O–H groups in total. The van der Waals surface area contributed by atoms with Crippen molar-refractivity contribution in [2.75, 3.05) is 11.9 Å². The van der Waals surface area contributed by atoms with Crippen molar-refractivity contribution in [1.82, 2.24) is 0 Å². The lowest BCUT2D eigenvalue weighted by Crippen LogP contribution is -2.20. The molecule has 0 spiro atoms. The molecule has 1 aromatic heterocycles. The van der Waals surface area contributed by atoms with E-state index in [0.29, 0.717) is 17.0 Å². The molecule has 0 saturated carbocycles. The maximum Gasteiger partial charge on any atom is 0.349 e. The van der Waals surface area contributed by atoms with Gasteiger partial charge in [0.1, 0.15) is 4.88 Å². The lowest BCUT2D eigenvalue weighted by atomic mass is 10.1. The second-order valence-corrected chi connectivity index (χ2v) is 6.60. The van der Waals surface area contributed by atoms with E-state index in [-0.39, 0.29) is 6.61 Å². The van der Waals surface area contributed by atoms with Crippen molar-refractivity contribution >= 4 is 28.9 Å². The van der Waals surface area contributed by atoms with Gasteiger partial charge in [0, 0.05) is 11.3 Å². The van der Waals surface area contributed by atoms with Gasteiger partial charge in [-0.25, -0.2) is 4.79 Å². The van der Waals surface area contributed by atoms with Crippen molar-refractivity contribution in [2.45, 2.75) is 6.42 Å². The van der Waals surface area contributed by atoms with E-state index < -0.39 is 11.9 Å². The Balaban J connectivity index is 1.57. The van der Waals surface area contributed by atoms with Crippen LogP contribution in [0.4, 0.5) is 5.69 Å². The SMILES string of the molecule is N#CCc1ccc(NC(=O)COC(=O)c2sccc2-c2ccccc2)cc1. The van der Waals surface area contributed by atoms with E-state index in [1.54, 1.807) is 24.3 Å². The highest BCUT2D eigenvalue weighted by molar-refractivity contribution is 7.12. The monoisotopic (exact) mass is 376 g/mol. The molecule has 27 heavy (non-hydrogen) atoms. The number of thiophene rings is 1. The minimum absolute atomic E-state index is 0.316. The van der Waals surface area contributed by atoms with Crippen LogP contribution in [0.1, 0.15) is 15.2 Å². The Morgan fingerprint density at radius 1 is 1.04 bits per heavy atom. The summed E-state index contributed by atoms with van der Waals surface area (Å²) in [7, 11) is 0. The Hall–Kier alpha value is -3.43. The summed E-state index contributed by atoms with van der Waals surface area (Å²) >= 11 is 1.28. The zero-order chi connectivity index (χ0) is 19.1. The minimum Gasteiger partial charge on any atom is -0.451 e. The molecule has 1 amide bonds. The molecule has 0 bridgehead atoms. The lowest BCUT2D eigenvalue weighted by Gasteiger charge is -2.08. The number of hydrogen-bond donors (Lipinski definition) is 1. The van der Waals surface area contributed by atoms with Gasteiger partial charge in [0.25, 0.3) is 5.91 Å². The number of nitrogens with zero attached hydrogens (tertiary/aromatic N) is 1. The predicted octanol–water partition coefficient (Wildman–Crippen LogP) is 4.28. The van der Waals surface area contributed by atoms with E-state index in [9.17, 15) is 9.59 Å². The van der Waals surface area contributed by atoms with E-state index in [1.807, 2.05) is 41.8 Å². The molecule has 3 rings (SSSR count). The van der Waals surface area contributed by atoms with Gasteiger partial charge in [-0.1, -0.05) is 42.5 Å². The van der Waals surface area contributed by atoms with Gasteiger partial charge in [-0.05, 0) is 34.7 Å². The average molecular weight is 376 g/mol. The minimum atomic E-state index is -0.525. The van der Waals surface area contributed by atoms with Crippen molar-refractivity contribution in [2.24, 2.45) is 0 Å². The average Bonchev–Trinajstić information content (AvgIpc) is 3.18. The molecule has 1 heterocycles. The van der Waals surface area contributed by atoms with Gasteiger partial charge in [0.2, 0.25) is 0 Å². The molecule has 0 atom stereocenters. The van der Waals surface area contributed by atoms with E-state index in [1.165, 1.54) is 11.3 Å². The summed E-state index contributed by atoms with van der Waals surface area (Å²) in [5.41, 5.74) is 3.17. The first kappa shape index (κ1) is 18.4. The van der Waals surface area contributed by atoms with Gasteiger partial charge in [-0.3, -0.25) is 4.79 Å². The summed E-state index contributed by atoms with van der Waals surface area (Å²) in [5, 5.41) is 13.1. The summed E-state index contributed by atoms with van der Waals surface area (Å²) in [6.45, 7) is -0.370. The number of carbonyl (C=O) groups excluding carboxylic acids is 2. The smallest absolute Gasteiger partial charge is 0.349 e. The van der Waals surface area contributed by atoms with E-state index in [2.05, 4.69) is 11.4 Å². The number of anilines is 1. The summed E-state index contributed by atoms with van der Waals surface area (Å²) in [6.07, 6.45) is 0.316. The number of benzene rings is 2. The van der Waals surface area contributed by atoms with E-state index >= 15 is 0 Å². The standard InChI is InChI=1S/C21H16N2O3S/c22-12-10-15-6-8-17(9-7-15)23-19(24)14-26-21(25)20-18(11-13-27-20)16-4-2-1-3-5-16/h1-9,11,13H,10,14H2,(H,23,24). The highest BCUT2D eigenvalue weighted by Crippen LogP contribution is 2.28. The van der Waals surface area contributed by atoms with Crippen molar-refractivity contribution in [3.8, 4) is 17.2 Å². The summed E-state index contributed by atoms with van der Waals surface area (Å²) in [5.74, 6) is -0.947. The first-order chi connectivity index (χ1) is 13.2. The molecule has 0 radical (unpaired) electrons. The highest BCUT2D eigenvalue weighted by atomic mass is 32.1. The summed E-state index contributed by atoms with van der Waals surface area (Å²) in [6, 6.07) is 20.4. The highest BCUT2D eigenvalue weighted by Gasteiger charge is 2.17. The van der Waals surface area contributed by atoms with Crippen LogP contribution in [0.3, 0.4) is 0 Å². The molecule has 2 aromatic carbocycles. The number of nitriles is 1. The van der Waals surface area contributed by atoms with Crippen LogP contribution in [0.2, 0.25) is 0 Å². The summed E-state index contributed by atoms with van der Waals surface area (Å²) in [4.78, 5) is 24.8. The van der Waals surface area contributed by atoms with Crippen molar-refractivity contribution in [3.05, 3.63) is 76.5 Å². The summed E-state index contributed by atoms with van der Waals surface area (Å²) < 4.78 is 5.16. The number of nitrogens with one attached hydrogen (secondary N) is 1. The molecular formula is C21H16N2O3S. The molecule has 0 aliphatic rings. The maximum absolute atomic E-state index is 12.4. The second kappa shape index (κ2) is 8.79. The number of rotatable bonds is 6. The number of ether oxygens (including phenoxy) is 1. The Morgan fingerprint density at radius 2 is 1.78 bits per heavy atom. The quantitative estimate of drug-likeness (QED) is 0.651. The zero-order valence-corrected chi connectivity index (χ0v) is 15.2. The number of hydrogen-bond acceptors (Lipinski definition) is 5. The predicted molar refractivity (Wildman–Crippen MR) is 104 cm³/mol. The van der Waals surface area contributed by atoms with Gasteiger partial charge in [0.15, 0.2) is 6.61 Å². The lowest BCUT2D eigenvalue weighted by molar-refractivity contribution is -0.119. The molecule has 5 nitrogen and oxygen atoms in total. The van der Waals surface area contributed by atoms with Crippen LogP contribution in [0.5, 0.6) is 0 Å². The Morgan fingerprint density at radius 3 is 2.48 bits per heavy atom. The fourth-order valence-electron chi connectivity index (χ4n) is 2.50. The number of esters is 1. The number of amides is 1. The molecule has 0 aliphatic carbocycles. The van der Waals surface area contributed by atoms with Gasteiger partial charge in [0.05, 0.1) is 12.5 Å². The second-order valence-electron chi connectivity index (χ2n) is 5.69. The van der Waals surface area contributed by atoms with Gasteiger partial charge >= 0.3 is 5.97 Å². The topological polar surface area (TPSA) is 79.2 Å². The van der Waals surface area contributed by atoms with Crippen molar-refractivity contribution in [3.63, 3.8) is 0 Å². The molecule has 0 saturated heterocycles. The van der Waals surface area contributed by atoms with Crippen LogP contribution >= 0.6 is 11.3 Å². The molecule has 3 aromatic rings. The van der Waals surface area contributed by atoms with Crippen LogP contribution in [-0.4, -0.2) is 18.5 Å². The molecule has 134 valence electrons. The maximum atomic E-state index is 12.4. The Labute approximate surface area is 160 Å². The normalized spacial score (nSPS) is 10.0. The third-order valence-corrected chi connectivity index (χ3v) is 4.69. The largest absolute Gasteiger partial charge is 0.451 e. The molecule has 0 fully saturated rings. The third kappa shape index (κ3) is 4.81. The van der Waals surface area contributed by atoms with Crippen LogP contribution < -0.4 is 5.32 Å². The fourth-order valence-corrected chi connectivity index (χ4v) is 3.31. The first-order valence-electron chi connectivity index (χ1n) is 8.23. The fraction of sp³-hybridized carbons (Fsp3) is 0.0952. The number of carbonyl (C=O) groups is 2. The van der Waals surface area contributed by atoms with Crippen molar-refractivity contribution < 1.29 is 14.3 Å². The van der Waals surface area contributed by atoms with Crippen LogP contribution in [0.15, 0.2) is 66.0 Å². The Bertz CT molecular complexity index is 973. The molecule has 6 heteroatoms. The van der Waals surface area contributed by atoms with E-state index in [0.717, 1.165) is 16.7 Å². The van der Waals surface area contributed by atoms with Crippen molar-refractivity contribution in [1.29, 1.82) is 5.26 Å². The van der Waals surface area contributed by atoms with Crippen LogP contribution in [0.25, 0.3) is 11.1 Å². The molecule has 0 unspecified atom stereocenters. The van der Waals surface area contributed by atoms with Gasteiger partial charge < -0.3 is 10.1 Å². The zero-order valence-electron chi connectivity index (χ0n) is 14.3.